The summed E-state index contributed by atoms with van der Waals surface area (Å²) in [4.78, 5) is 74.8. The van der Waals surface area contributed by atoms with E-state index in [1.807, 2.05) is 5.32 Å². The summed E-state index contributed by atoms with van der Waals surface area (Å²) in [5, 5.41) is 1.81. The van der Waals surface area contributed by atoms with Crippen LogP contribution in [0.5, 0.6) is 0 Å². The van der Waals surface area contributed by atoms with E-state index in [2.05, 4.69) is 9.97 Å². The summed E-state index contributed by atoms with van der Waals surface area (Å²) in [7, 11) is -6.34. The van der Waals surface area contributed by atoms with E-state index in [-0.39, 0.29) is 80.2 Å². The first-order valence-corrected chi connectivity index (χ1v) is 22.8. The predicted molar refractivity (Wildman–Crippen MR) is 222 cm³/mol. The van der Waals surface area contributed by atoms with Crippen LogP contribution in [0, 0.1) is 11.6 Å². The zero-order chi connectivity index (χ0) is 45.9. The summed E-state index contributed by atoms with van der Waals surface area (Å²) in [6, 6.07) is 15.7. The number of hydrogen-bond donors (Lipinski definition) is 2. The number of hydrogen-bond acceptors (Lipinski definition) is 12. The smallest absolute Gasteiger partial charge is 0.324 e. The van der Waals surface area contributed by atoms with E-state index in [1.54, 1.807) is 12.1 Å². The number of aromatic nitrogens is 2. The molecule has 0 unspecified atom stereocenters. The van der Waals surface area contributed by atoms with Gasteiger partial charge in [0, 0.05) is 61.1 Å². The van der Waals surface area contributed by atoms with Gasteiger partial charge in [0.1, 0.15) is 11.6 Å². The van der Waals surface area contributed by atoms with E-state index in [0.717, 1.165) is 0 Å². The van der Waals surface area contributed by atoms with Gasteiger partial charge in [-0.1, -0.05) is 0 Å². The fraction of sp³-hybridized carbons (Fsp3) is 0.325. The zero-order valence-electron chi connectivity index (χ0n) is 33.4. The number of Topliss-reactive ketones (excluding diaryl/α,β-unsaturated/α-hetero) is 2. The second kappa shape index (κ2) is 21.2. The van der Waals surface area contributed by atoms with Crippen LogP contribution >= 0.6 is 0 Å². The van der Waals surface area contributed by atoms with E-state index < -0.39 is 68.0 Å². The Labute approximate surface area is 359 Å². The summed E-state index contributed by atoms with van der Waals surface area (Å²) >= 11 is 0. The number of nitrogens with one attached hydrogen (secondary N) is 1. The quantitative estimate of drug-likeness (QED) is 0.154. The van der Waals surface area contributed by atoms with Crippen LogP contribution in [-0.2, 0) is 37.6 Å². The van der Waals surface area contributed by atoms with E-state index in [4.69, 9.17) is 5.73 Å². The maximum atomic E-state index is 13.4. The van der Waals surface area contributed by atoms with Crippen molar-refractivity contribution in [2.75, 3.05) is 72.1 Å². The van der Waals surface area contributed by atoms with E-state index in [1.165, 1.54) is 92.7 Å². The Hall–Kier alpha value is -6.33. The lowest BCUT2D eigenvalue weighted by Gasteiger charge is -2.32. The van der Waals surface area contributed by atoms with Crippen LogP contribution in [0.4, 0.5) is 38.5 Å². The summed E-state index contributed by atoms with van der Waals surface area (Å²) in [5.41, 5.74) is 7.47. The van der Waals surface area contributed by atoms with Crippen LogP contribution in [0.1, 0.15) is 32.1 Å². The molecule has 0 saturated carbocycles. The molecule has 23 heteroatoms. The Kier molecular flexibility index (Phi) is 16.0. The maximum absolute atomic E-state index is 13.4. The molecule has 2 aromatic heterocycles. The van der Waals surface area contributed by atoms with Gasteiger partial charge in [-0.2, -0.15) is 8.78 Å². The van der Waals surface area contributed by atoms with Crippen molar-refractivity contribution in [3.63, 3.8) is 0 Å². The van der Waals surface area contributed by atoms with Gasteiger partial charge in [-0.15, -0.1) is 0 Å². The zero-order valence-corrected chi connectivity index (χ0v) is 35.0. The molecule has 4 aromatic rings. The maximum Gasteiger partial charge on any atom is 0.324 e. The standard InChI is InChI=1S/C21H21F3N4O5S.C19H21FN4O4S/c22-15-2-5-17(6-3-15)28(21(31)27-7-9-34(32,33)10-8-27)13-16-4-1-14(11-25-16)18(29)12-26-20(30)19(23)24;20-15-2-5-17(6-3-15)24(19(26)23-7-9-29(27,28)10-8-23)13-16-4-1-14(12-22-16)18(25)11-21/h1-6,11,19H,7-10,12-13H2,(H,26,30);1-6,12H,7-11,13,21H2. The van der Waals surface area contributed by atoms with Crippen LogP contribution < -0.4 is 20.9 Å². The molecule has 2 aliphatic heterocycles. The molecule has 2 fully saturated rings. The minimum absolute atomic E-state index is 0.0179. The monoisotopic (exact) mass is 918 g/mol. The molecule has 0 atom stereocenters. The average Bonchev–Trinajstić information content (AvgIpc) is 3.27. The number of anilines is 2. The van der Waals surface area contributed by atoms with Crippen molar-refractivity contribution in [1.29, 1.82) is 0 Å². The average molecular weight is 919 g/mol. The molecule has 3 N–H and O–H groups in total. The minimum atomic E-state index is -3.23. The molecule has 6 rings (SSSR count). The van der Waals surface area contributed by atoms with Crippen molar-refractivity contribution in [2.24, 2.45) is 5.73 Å². The van der Waals surface area contributed by atoms with Gasteiger partial charge in [0.05, 0.1) is 60.6 Å². The topological polar surface area (TPSA) is 230 Å². The third kappa shape index (κ3) is 13.6. The largest absolute Gasteiger partial charge is 0.344 e. The third-order valence-corrected chi connectivity index (χ3v) is 12.9. The summed E-state index contributed by atoms with van der Waals surface area (Å²) in [6.45, 7) is -0.517. The van der Waals surface area contributed by atoms with Gasteiger partial charge in [-0.05, 0) is 72.8 Å². The van der Waals surface area contributed by atoms with Gasteiger partial charge in [0.25, 0.3) is 5.91 Å². The highest BCUT2D eigenvalue weighted by atomic mass is 32.2. The number of ketones is 2. The van der Waals surface area contributed by atoms with Crippen LogP contribution in [0.3, 0.4) is 0 Å². The Bertz CT molecular complexity index is 2470. The van der Waals surface area contributed by atoms with Crippen LogP contribution in [-0.4, -0.2) is 135 Å². The number of sulfone groups is 2. The predicted octanol–water partition coefficient (Wildman–Crippen LogP) is 2.86. The molecule has 4 heterocycles. The molecule has 5 amide bonds. The number of halogens is 4. The molecular formula is C40H42F4N8O9S2. The van der Waals surface area contributed by atoms with Gasteiger partial charge in [0.15, 0.2) is 31.2 Å². The van der Waals surface area contributed by atoms with Gasteiger partial charge in [-0.3, -0.25) is 34.2 Å². The Morgan fingerprint density at radius 3 is 1.33 bits per heavy atom. The molecule has 2 aliphatic rings. The SMILES string of the molecule is NCC(=O)c1ccc(CN(C(=O)N2CCS(=O)(=O)CC2)c2ccc(F)cc2)nc1.O=C(CNC(=O)C(F)F)c1ccc(CN(C(=O)N2CCS(=O)(=O)CC2)c2ccc(F)cc2)nc1. The molecule has 0 spiro atoms. The number of carbonyl (C=O) groups excluding carboxylic acids is 5. The fourth-order valence-electron chi connectivity index (χ4n) is 6.08. The lowest BCUT2D eigenvalue weighted by Crippen LogP contribution is -2.49. The van der Waals surface area contributed by atoms with Gasteiger partial charge < -0.3 is 20.9 Å². The Balaban J connectivity index is 0.000000240. The number of pyridine rings is 2. The third-order valence-electron chi connectivity index (χ3n) is 9.71. The number of nitrogens with two attached hydrogens (primary N) is 1. The number of amides is 5. The summed E-state index contributed by atoms with van der Waals surface area (Å²) < 4.78 is 97.9. The van der Waals surface area contributed by atoms with Crippen molar-refractivity contribution in [3.05, 3.63) is 119 Å². The highest BCUT2D eigenvalue weighted by Gasteiger charge is 2.31. The van der Waals surface area contributed by atoms with Crippen molar-refractivity contribution in [1.82, 2.24) is 25.1 Å². The number of alkyl halides is 2. The molecule has 0 radical (unpaired) electrons. The van der Waals surface area contributed by atoms with E-state index >= 15 is 0 Å². The van der Waals surface area contributed by atoms with Crippen molar-refractivity contribution < 1.29 is 58.4 Å². The lowest BCUT2D eigenvalue weighted by molar-refractivity contribution is -0.131. The number of benzene rings is 2. The van der Waals surface area contributed by atoms with E-state index in [0.29, 0.717) is 28.3 Å². The van der Waals surface area contributed by atoms with Gasteiger partial charge >= 0.3 is 18.5 Å². The van der Waals surface area contributed by atoms with Crippen molar-refractivity contribution in [3.8, 4) is 0 Å². The van der Waals surface area contributed by atoms with Gasteiger partial charge in [-0.25, -0.2) is 35.2 Å². The minimum Gasteiger partial charge on any atom is -0.344 e. The highest BCUT2D eigenvalue weighted by Crippen LogP contribution is 2.23. The molecule has 0 bridgehead atoms. The molecular weight excluding hydrogens is 877 g/mol. The van der Waals surface area contributed by atoms with Crippen molar-refractivity contribution in [2.45, 2.75) is 19.5 Å². The molecule has 17 nitrogen and oxygen atoms in total. The highest BCUT2D eigenvalue weighted by molar-refractivity contribution is 7.91. The molecule has 2 saturated heterocycles. The second-order valence-corrected chi connectivity index (χ2v) is 18.7. The first-order chi connectivity index (χ1) is 29.8. The molecule has 2 aromatic carbocycles. The van der Waals surface area contributed by atoms with Crippen LogP contribution in [0.25, 0.3) is 0 Å². The van der Waals surface area contributed by atoms with Crippen LogP contribution in [0.15, 0.2) is 85.2 Å². The lowest BCUT2D eigenvalue weighted by atomic mass is 10.1. The molecule has 63 heavy (non-hydrogen) atoms. The molecule has 336 valence electrons. The number of nitrogens with zero attached hydrogens (tertiary/aromatic N) is 6. The van der Waals surface area contributed by atoms with Gasteiger partial charge in [0.2, 0.25) is 0 Å². The van der Waals surface area contributed by atoms with Crippen LogP contribution in [0.2, 0.25) is 0 Å². The normalized spacial score (nSPS) is 15.4. The first kappa shape index (κ1) is 47.7. The van der Waals surface area contributed by atoms with Crippen molar-refractivity contribution >= 4 is 60.6 Å². The first-order valence-electron chi connectivity index (χ1n) is 19.1. The number of carbonyl (C=O) groups is 5. The second-order valence-electron chi connectivity index (χ2n) is 14.1. The van der Waals surface area contributed by atoms with E-state index in [9.17, 15) is 58.4 Å². The molecule has 0 aliphatic carbocycles. The number of rotatable bonds is 12. The Morgan fingerprint density at radius 2 is 1.00 bits per heavy atom. The Morgan fingerprint density at radius 1 is 0.619 bits per heavy atom. The summed E-state index contributed by atoms with van der Waals surface area (Å²) in [6.07, 6.45) is -0.651. The summed E-state index contributed by atoms with van der Waals surface area (Å²) in [5.74, 6) is -3.88. The fourth-order valence-corrected chi connectivity index (χ4v) is 8.49. The number of urea groups is 2.